The number of hydrogen-bond acceptors (Lipinski definition) is 7. The molecule has 1 amide bonds. The van der Waals surface area contributed by atoms with Crippen molar-refractivity contribution in [2.24, 2.45) is 0 Å². The van der Waals surface area contributed by atoms with Gasteiger partial charge in [0.05, 0.1) is 24.8 Å². The Hall–Kier alpha value is -2.74. The van der Waals surface area contributed by atoms with Gasteiger partial charge in [0.25, 0.3) is 5.91 Å². The number of amides is 1. The third kappa shape index (κ3) is 4.45. The van der Waals surface area contributed by atoms with Crippen LogP contribution >= 0.6 is 11.3 Å². The van der Waals surface area contributed by atoms with Crippen LogP contribution in [0.15, 0.2) is 23.6 Å². The fourth-order valence-electron chi connectivity index (χ4n) is 2.73. The first-order valence-electron chi connectivity index (χ1n) is 8.15. The minimum atomic E-state index is -0.527. The lowest BCUT2D eigenvalue weighted by Gasteiger charge is -2.06. The Bertz CT molecular complexity index is 846. The molecule has 0 atom stereocenters. The first kappa shape index (κ1) is 18.1. The molecule has 0 saturated heterocycles. The van der Waals surface area contributed by atoms with E-state index < -0.39 is 24.5 Å². The molecule has 1 aromatic carbocycles. The second-order valence-corrected chi connectivity index (χ2v) is 6.72. The fourth-order valence-corrected chi connectivity index (χ4v) is 3.46. The number of rotatable bonds is 6. The average Bonchev–Trinajstić information content (AvgIpc) is 3.28. The van der Waals surface area contributed by atoms with Crippen LogP contribution < -0.4 is 5.32 Å². The van der Waals surface area contributed by atoms with E-state index in [0.717, 1.165) is 19.3 Å². The lowest BCUT2D eigenvalue weighted by atomic mass is 10.1. The summed E-state index contributed by atoms with van der Waals surface area (Å²) in [5.74, 6) is -1.42. The van der Waals surface area contributed by atoms with Crippen molar-refractivity contribution in [3.05, 3.63) is 46.0 Å². The van der Waals surface area contributed by atoms with Crippen molar-refractivity contribution < 1.29 is 23.9 Å². The number of aromatic nitrogens is 1. The minimum absolute atomic E-state index is 0.0379. The molecule has 2 aromatic rings. The third-order valence-corrected chi connectivity index (χ3v) is 4.83. The zero-order valence-corrected chi connectivity index (χ0v) is 15.1. The number of nitrogens with zero attached hydrogens (tertiary/aromatic N) is 1. The van der Waals surface area contributed by atoms with Gasteiger partial charge in [-0.1, -0.05) is 6.07 Å². The van der Waals surface area contributed by atoms with E-state index in [1.54, 1.807) is 11.4 Å². The molecule has 1 aliphatic rings. The topological polar surface area (TPSA) is 94.6 Å². The van der Waals surface area contributed by atoms with E-state index in [1.165, 1.54) is 29.6 Å². The minimum Gasteiger partial charge on any atom is -0.469 e. The summed E-state index contributed by atoms with van der Waals surface area (Å²) < 4.78 is 9.62. The summed E-state index contributed by atoms with van der Waals surface area (Å²) in [6, 6.07) is 5.50. The number of benzene rings is 1. The monoisotopic (exact) mass is 374 g/mol. The lowest BCUT2D eigenvalue weighted by molar-refractivity contribution is -0.139. The molecule has 26 heavy (non-hydrogen) atoms. The molecule has 0 radical (unpaired) electrons. The Labute approximate surface area is 154 Å². The molecule has 1 aliphatic carbocycles. The van der Waals surface area contributed by atoms with Crippen LogP contribution in [0, 0.1) is 0 Å². The Balaban J connectivity index is 1.49. The van der Waals surface area contributed by atoms with Crippen LogP contribution in [-0.2, 0) is 38.3 Å². The van der Waals surface area contributed by atoms with Gasteiger partial charge in [0.1, 0.15) is 0 Å². The summed E-state index contributed by atoms with van der Waals surface area (Å²) in [5, 5.41) is 4.53. The Kier molecular flexibility index (Phi) is 5.62. The number of hydrogen-bond donors (Lipinski definition) is 1. The number of methoxy groups -OCH3 is 1. The number of thiazole rings is 1. The Morgan fingerprint density at radius 2 is 2.04 bits per heavy atom. The van der Waals surface area contributed by atoms with Crippen LogP contribution in [0.3, 0.4) is 0 Å². The quantitative estimate of drug-likeness (QED) is 0.779. The summed E-state index contributed by atoms with van der Waals surface area (Å²) in [5.41, 5.74) is 3.40. The van der Waals surface area contributed by atoms with E-state index in [-0.39, 0.29) is 6.42 Å². The Morgan fingerprint density at radius 1 is 1.23 bits per heavy atom. The maximum Gasteiger partial charge on any atom is 0.338 e. The number of nitrogens with one attached hydrogen (secondary N) is 1. The predicted molar refractivity (Wildman–Crippen MR) is 95.2 cm³/mol. The first-order valence-corrected chi connectivity index (χ1v) is 9.03. The number of fused-ring (bicyclic) bond motifs is 1. The van der Waals surface area contributed by atoms with Crippen molar-refractivity contribution in [3.8, 4) is 0 Å². The van der Waals surface area contributed by atoms with Crippen LogP contribution in [0.25, 0.3) is 0 Å². The molecule has 1 heterocycles. The highest BCUT2D eigenvalue weighted by atomic mass is 32.1. The van der Waals surface area contributed by atoms with Crippen LogP contribution in [0.5, 0.6) is 0 Å². The first-order chi connectivity index (χ1) is 12.5. The van der Waals surface area contributed by atoms with E-state index in [0.29, 0.717) is 16.4 Å². The maximum atomic E-state index is 12.1. The van der Waals surface area contributed by atoms with Crippen molar-refractivity contribution in [2.75, 3.05) is 19.0 Å². The van der Waals surface area contributed by atoms with Crippen LogP contribution in [-0.4, -0.2) is 36.5 Å². The van der Waals surface area contributed by atoms with E-state index in [2.05, 4.69) is 15.0 Å². The second kappa shape index (κ2) is 8.09. The molecule has 0 aliphatic heterocycles. The molecule has 0 unspecified atom stereocenters. The van der Waals surface area contributed by atoms with Gasteiger partial charge in [-0.05, 0) is 42.5 Å². The highest BCUT2D eigenvalue weighted by molar-refractivity contribution is 7.13. The number of anilines is 1. The fraction of sp³-hybridized carbons (Fsp3) is 0.333. The molecule has 3 rings (SSSR count). The van der Waals surface area contributed by atoms with Gasteiger partial charge < -0.3 is 9.47 Å². The number of carbonyl (C=O) groups excluding carboxylic acids is 3. The summed E-state index contributed by atoms with van der Waals surface area (Å²) >= 11 is 1.18. The molecule has 136 valence electrons. The van der Waals surface area contributed by atoms with Crippen molar-refractivity contribution >= 4 is 34.3 Å². The predicted octanol–water partition coefficient (Wildman–Crippen LogP) is 2.14. The highest BCUT2D eigenvalue weighted by Crippen LogP contribution is 2.23. The lowest BCUT2D eigenvalue weighted by Crippen LogP contribution is -2.21. The zero-order valence-electron chi connectivity index (χ0n) is 14.2. The van der Waals surface area contributed by atoms with Gasteiger partial charge in [-0.25, -0.2) is 9.78 Å². The molecule has 0 spiro atoms. The normalized spacial score (nSPS) is 12.3. The van der Waals surface area contributed by atoms with Gasteiger partial charge in [-0.15, -0.1) is 11.3 Å². The van der Waals surface area contributed by atoms with Gasteiger partial charge in [0, 0.05) is 5.38 Å². The van der Waals surface area contributed by atoms with E-state index in [1.807, 2.05) is 12.1 Å². The van der Waals surface area contributed by atoms with Crippen molar-refractivity contribution in [3.63, 3.8) is 0 Å². The summed E-state index contributed by atoms with van der Waals surface area (Å²) in [4.78, 5) is 39.3. The number of aryl methyl sites for hydroxylation is 2. The smallest absolute Gasteiger partial charge is 0.338 e. The molecule has 0 saturated carbocycles. The SMILES string of the molecule is COC(=O)Cc1csc(NC(=O)COC(=O)c2ccc3c(c2)CCC3)n1. The molecule has 1 N–H and O–H groups in total. The molecule has 0 fully saturated rings. The van der Waals surface area contributed by atoms with Crippen LogP contribution in [0.1, 0.15) is 33.6 Å². The molecule has 0 bridgehead atoms. The van der Waals surface area contributed by atoms with E-state index >= 15 is 0 Å². The number of ether oxygens (including phenoxy) is 2. The van der Waals surface area contributed by atoms with Gasteiger partial charge in [0.2, 0.25) is 0 Å². The summed E-state index contributed by atoms with van der Waals surface area (Å²) in [7, 11) is 1.30. The molecule has 8 heteroatoms. The standard InChI is InChI=1S/C18H18N2O5S/c1-24-16(22)8-14-10-26-18(19-14)20-15(21)9-25-17(23)13-6-5-11-3-2-4-12(11)7-13/h5-7,10H,2-4,8-9H2,1H3,(H,19,20,21). The van der Waals surface area contributed by atoms with Crippen LogP contribution in [0.2, 0.25) is 0 Å². The van der Waals surface area contributed by atoms with E-state index in [4.69, 9.17) is 4.74 Å². The number of esters is 2. The van der Waals surface area contributed by atoms with Gasteiger partial charge >= 0.3 is 11.9 Å². The number of carbonyl (C=O) groups is 3. The Morgan fingerprint density at radius 3 is 2.85 bits per heavy atom. The highest BCUT2D eigenvalue weighted by Gasteiger charge is 2.16. The average molecular weight is 374 g/mol. The largest absolute Gasteiger partial charge is 0.469 e. The summed E-state index contributed by atoms with van der Waals surface area (Å²) in [6.45, 7) is -0.401. The van der Waals surface area contributed by atoms with Crippen molar-refractivity contribution in [1.29, 1.82) is 0 Å². The van der Waals surface area contributed by atoms with Gasteiger partial charge in [-0.3, -0.25) is 14.9 Å². The van der Waals surface area contributed by atoms with Gasteiger partial charge in [-0.2, -0.15) is 0 Å². The molecular formula is C18H18N2O5S. The van der Waals surface area contributed by atoms with Gasteiger partial charge in [0.15, 0.2) is 11.7 Å². The molecule has 7 nitrogen and oxygen atoms in total. The molecule has 1 aromatic heterocycles. The van der Waals surface area contributed by atoms with E-state index in [9.17, 15) is 14.4 Å². The maximum absolute atomic E-state index is 12.1. The third-order valence-electron chi connectivity index (χ3n) is 4.02. The second-order valence-electron chi connectivity index (χ2n) is 5.86. The van der Waals surface area contributed by atoms with Crippen molar-refractivity contribution in [1.82, 2.24) is 4.98 Å². The molecular weight excluding hydrogens is 356 g/mol. The van der Waals surface area contributed by atoms with Crippen molar-refractivity contribution in [2.45, 2.75) is 25.7 Å². The van der Waals surface area contributed by atoms with Crippen LogP contribution in [0.4, 0.5) is 5.13 Å². The zero-order chi connectivity index (χ0) is 18.5. The summed E-state index contributed by atoms with van der Waals surface area (Å²) in [6.07, 6.45) is 3.14.